The Hall–Kier alpha value is -1.59. The number of aliphatic carboxylic acids is 1. The fraction of sp³-hybridized carbons (Fsp3) is 0.333. The Labute approximate surface area is 110 Å². The highest BCUT2D eigenvalue weighted by Gasteiger charge is 2.26. The lowest BCUT2D eigenvalue weighted by atomic mass is 10.1. The lowest BCUT2D eigenvalue weighted by Gasteiger charge is -2.20. The Bertz CT molecular complexity index is 460. The number of carboxylic acid groups (broad SMARTS) is 1. The largest absolute Gasteiger partial charge is 0.480 e. The van der Waals surface area contributed by atoms with Crippen LogP contribution in [0.1, 0.15) is 13.8 Å². The van der Waals surface area contributed by atoms with Gasteiger partial charge >= 0.3 is 5.97 Å². The summed E-state index contributed by atoms with van der Waals surface area (Å²) in [5.74, 6) is -1.37. The van der Waals surface area contributed by atoms with Gasteiger partial charge in [-0.3, -0.25) is 14.9 Å². The van der Waals surface area contributed by atoms with E-state index in [1.54, 1.807) is 24.3 Å². The van der Waals surface area contributed by atoms with Gasteiger partial charge in [0, 0.05) is 0 Å². The molecule has 5 nitrogen and oxygen atoms in total. The van der Waals surface area contributed by atoms with Crippen molar-refractivity contribution in [2.45, 2.75) is 19.4 Å². The summed E-state index contributed by atoms with van der Waals surface area (Å²) in [4.78, 5) is 22.4. The molecule has 0 radical (unpaired) electrons. The molecule has 0 aromatic heterocycles. The van der Waals surface area contributed by atoms with Crippen molar-refractivity contribution in [1.82, 2.24) is 5.32 Å². The molecule has 18 heavy (non-hydrogen) atoms. The van der Waals surface area contributed by atoms with Gasteiger partial charge in [0.2, 0.25) is 5.91 Å². The third kappa shape index (κ3) is 4.01. The monoisotopic (exact) mass is 270 g/mol. The van der Waals surface area contributed by atoms with E-state index in [0.717, 1.165) is 0 Å². The lowest BCUT2D eigenvalue weighted by Crippen LogP contribution is -2.49. The van der Waals surface area contributed by atoms with Crippen molar-refractivity contribution in [3.05, 3.63) is 29.3 Å². The van der Waals surface area contributed by atoms with Crippen LogP contribution in [-0.4, -0.2) is 29.1 Å². The summed E-state index contributed by atoms with van der Waals surface area (Å²) in [6, 6.07) is 6.83. The van der Waals surface area contributed by atoms with E-state index < -0.39 is 11.5 Å². The molecule has 0 heterocycles. The fourth-order valence-electron chi connectivity index (χ4n) is 1.13. The molecule has 98 valence electrons. The van der Waals surface area contributed by atoms with Gasteiger partial charge in [0.25, 0.3) is 0 Å². The highest BCUT2D eigenvalue weighted by molar-refractivity contribution is 6.33. The van der Waals surface area contributed by atoms with Gasteiger partial charge in [-0.15, -0.1) is 0 Å². The zero-order chi connectivity index (χ0) is 13.8. The minimum Gasteiger partial charge on any atom is -0.480 e. The predicted molar refractivity (Wildman–Crippen MR) is 69.8 cm³/mol. The molecule has 0 saturated heterocycles. The molecule has 3 N–H and O–H groups in total. The first-order valence-electron chi connectivity index (χ1n) is 5.36. The number of hydrogen-bond acceptors (Lipinski definition) is 3. The van der Waals surface area contributed by atoms with Gasteiger partial charge in [-0.2, -0.15) is 0 Å². The second-order valence-corrected chi connectivity index (χ2v) is 4.72. The number of carbonyl (C=O) groups is 2. The molecule has 1 aromatic rings. The molecule has 6 heteroatoms. The number of para-hydroxylation sites is 1. The van der Waals surface area contributed by atoms with Gasteiger partial charge in [0.05, 0.1) is 17.3 Å². The quantitative estimate of drug-likeness (QED) is 0.761. The number of carboxylic acids is 1. The zero-order valence-electron chi connectivity index (χ0n) is 10.2. The predicted octanol–water partition coefficient (Wildman–Crippen LogP) is 1.73. The summed E-state index contributed by atoms with van der Waals surface area (Å²) in [6.07, 6.45) is 0. The van der Waals surface area contributed by atoms with Crippen LogP contribution in [0.5, 0.6) is 0 Å². The number of rotatable bonds is 5. The van der Waals surface area contributed by atoms with E-state index in [-0.39, 0.29) is 12.5 Å². The van der Waals surface area contributed by atoms with Crippen LogP contribution in [0.25, 0.3) is 0 Å². The Morgan fingerprint density at radius 3 is 2.50 bits per heavy atom. The first kappa shape index (κ1) is 14.5. The number of carbonyl (C=O) groups excluding carboxylic acids is 1. The summed E-state index contributed by atoms with van der Waals surface area (Å²) in [7, 11) is 0. The van der Waals surface area contributed by atoms with Crippen molar-refractivity contribution < 1.29 is 14.7 Å². The van der Waals surface area contributed by atoms with Crippen LogP contribution >= 0.6 is 11.6 Å². The normalized spacial score (nSPS) is 11.1. The Balaban J connectivity index is 2.54. The number of hydrogen-bond donors (Lipinski definition) is 3. The Morgan fingerprint density at radius 2 is 1.94 bits per heavy atom. The average molecular weight is 271 g/mol. The summed E-state index contributed by atoms with van der Waals surface area (Å²) in [5, 5.41) is 14.5. The first-order chi connectivity index (χ1) is 8.33. The third-order valence-electron chi connectivity index (χ3n) is 2.37. The van der Waals surface area contributed by atoms with Crippen LogP contribution in [-0.2, 0) is 9.59 Å². The van der Waals surface area contributed by atoms with Crippen LogP contribution < -0.4 is 10.6 Å². The molecule has 0 aliphatic rings. The molecule has 1 rings (SSSR count). The Morgan fingerprint density at radius 1 is 1.33 bits per heavy atom. The smallest absolute Gasteiger partial charge is 0.323 e. The van der Waals surface area contributed by atoms with Crippen LogP contribution in [0.3, 0.4) is 0 Å². The molecule has 0 bridgehead atoms. The van der Waals surface area contributed by atoms with E-state index in [2.05, 4.69) is 10.6 Å². The molecule has 0 unspecified atom stereocenters. The van der Waals surface area contributed by atoms with Crippen molar-refractivity contribution in [2.24, 2.45) is 0 Å². The molecule has 0 atom stereocenters. The second-order valence-electron chi connectivity index (χ2n) is 4.31. The molecule has 0 spiro atoms. The number of anilines is 1. The van der Waals surface area contributed by atoms with Gasteiger partial charge < -0.3 is 10.4 Å². The number of nitrogens with one attached hydrogen (secondary N) is 2. The third-order valence-corrected chi connectivity index (χ3v) is 2.70. The number of amides is 1. The molecular weight excluding hydrogens is 256 g/mol. The minimum atomic E-state index is -1.15. The molecule has 0 aliphatic carbocycles. The van der Waals surface area contributed by atoms with E-state index in [9.17, 15) is 9.59 Å². The Kier molecular flexibility index (Phi) is 4.69. The van der Waals surface area contributed by atoms with Gasteiger partial charge in [-0.25, -0.2) is 0 Å². The van der Waals surface area contributed by atoms with E-state index in [1.807, 2.05) is 0 Å². The maximum absolute atomic E-state index is 11.6. The summed E-state index contributed by atoms with van der Waals surface area (Å²) in [5.41, 5.74) is -0.656. The number of benzene rings is 1. The van der Waals surface area contributed by atoms with E-state index in [4.69, 9.17) is 16.7 Å². The van der Waals surface area contributed by atoms with Gasteiger partial charge in [0.1, 0.15) is 5.54 Å². The molecule has 1 amide bonds. The molecule has 1 aromatic carbocycles. The molecule has 0 saturated carbocycles. The van der Waals surface area contributed by atoms with Crippen LogP contribution in [0.4, 0.5) is 5.69 Å². The van der Waals surface area contributed by atoms with E-state index in [1.165, 1.54) is 13.8 Å². The number of halogens is 1. The van der Waals surface area contributed by atoms with Crippen molar-refractivity contribution in [3.63, 3.8) is 0 Å². The molecule has 0 aliphatic heterocycles. The topological polar surface area (TPSA) is 78.4 Å². The fourth-order valence-corrected chi connectivity index (χ4v) is 1.32. The van der Waals surface area contributed by atoms with Crippen molar-refractivity contribution >= 4 is 29.2 Å². The minimum absolute atomic E-state index is 0.107. The molecule has 0 fully saturated rings. The lowest BCUT2D eigenvalue weighted by molar-refractivity contribution is -0.143. The summed E-state index contributed by atoms with van der Waals surface area (Å²) < 4.78 is 0. The van der Waals surface area contributed by atoms with Gasteiger partial charge in [-0.1, -0.05) is 23.7 Å². The van der Waals surface area contributed by atoms with Crippen molar-refractivity contribution in [1.29, 1.82) is 0 Å². The summed E-state index contributed by atoms with van der Waals surface area (Å²) >= 11 is 5.88. The molecular formula is C12H15ClN2O3. The SMILES string of the molecule is CC(C)(NCC(=O)Nc1ccccc1Cl)C(=O)O. The maximum Gasteiger partial charge on any atom is 0.323 e. The maximum atomic E-state index is 11.6. The summed E-state index contributed by atoms with van der Waals surface area (Å²) in [6.45, 7) is 2.86. The second kappa shape index (κ2) is 5.84. The zero-order valence-corrected chi connectivity index (χ0v) is 10.9. The average Bonchev–Trinajstić information content (AvgIpc) is 2.29. The van der Waals surface area contributed by atoms with Crippen molar-refractivity contribution in [2.75, 3.05) is 11.9 Å². The van der Waals surface area contributed by atoms with Crippen LogP contribution in [0.2, 0.25) is 5.02 Å². The first-order valence-corrected chi connectivity index (χ1v) is 5.73. The van der Waals surface area contributed by atoms with Crippen LogP contribution in [0, 0.1) is 0 Å². The van der Waals surface area contributed by atoms with E-state index in [0.29, 0.717) is 10.7 Å². The van der Waals surface area contributed by atoms with Crippen LogP contribution in [0.15, 0.2) is 24.3 Å². The van der Waals surface area contributed by atoms with E-state index >= 15 is 0 Å². The standard InChI is InChI=1S/C12H15ClN2O3/c1-12(2,11(17)18)14-7-10(16)15-9-6-4-3-5-8(9)13/h3-6,14H,7H2,1-2H3,(H,15,16)(H,17,18). The highest BCUT2D eigenvalue weighted by Crippen LogP contribution is 2.20. The van der Waals surface area contributed by atoms with Crippen molar-refractivity contribution in [3.8, 4) is 0 Å². The highest BCUT2D eigenvalue weighted by atomic mass is 35.5. The van der Waals surface area contributed by atoms with Gasteiger partial charge in [0.15, 0.2) is 0 Å². The van der Waals surface area contributed by atoms with Gasteiger partial charge in [-0.05, 0) is 26.0 Å².